The maximum Gasteiger partial charge on any atom is 0.115 e. The molecule has 1 aliphatic rings. The fraction of sp³-hybridized carbons (Fsp3) is 0.571. The molecule has 0 saturated carbocycles. The van der Waals surface area contributed by atoms with Gasteiger partial charge in [0.15, 0.2) is 0 Å². The molecule has 18 heavy (non-hydrogen) atoms. The van der Waals surface area contributed by atoms with Gasteiger partial charge in [-0.05, 0) is 56.7 Å². The molecule has 0 spiro atoms. The van der Waals surface area contributed by atoms with Crippen LogP contribution < -0.4 is 0 Å². The first kappa shape index (κ1) is 13.8. The first-order valence-electron chi connectivity index (χ1n) is 6.53. The predicted molar refractivity (Wildman–Crippen MR) is 77.8 cm³/mol. The lowest BCUT2D eigenvalue weighted by Gasteiger charge is -2.21. The number of nitrogens with zero attached hydrogens (tertiary/aromatic N) is 2. The number of aromatic hydroxyl groups is 1. The molecule has 1 saturated heterocycles. The van der Waals surface area contributed by atoms with Crippen LogP contribution >= 0.6 is 15.9 Å². The van der Waals surface area contributed by atoms with Gasteiger partial charge in [0, 0.05) is 24.1 Å². The lowest BCUT2D eigenvalue weighted by molar-refractivity contribution is 0.252. The Morgan fingerprint density at radius 1 is 1.33 bits per heavy atom. The molecule has 1 aliphatic heterocycles. The molecule has 1 fully saturated rings. The minimum Gasteiger partial charge on any atom is -0.508 e. The average Bonchev–Trinajstić information content (AvgIpc) is 2.84. The fourth-order valence-electron chi connectivity index (χ4n) is 2.37. The lowest BCUT2D eigenvalue weighted by Crippen LogP contribution is -2.31. The largest absolute Gasteiger partial charge is 0.508 e. The van der Waals surface area contributed by atoms with Gasteiger partial charge < -0.3 is 14.9 Å². The summed E-state index contributed by atoms with van der Waals surface area (Å²) in [6, 6.07) is 5.44. The van der Waals surface area contributed by atoms with E-state index in [-0.39, 0.29) is 0 Å². The standard InChI is InChI=1S/C14H21BrN2O/c1-16(8-9-17-6-2-3-7-17)11-12-10-13(18)4-5-14(12)15/h4-5,10,18H,2-3,6-9,11H2,1H3. The molecule has 0 unspecified atom stereocenters. The van der Waals surface area contributed by atoms with Crippen LogP contribution in [0.5, 0.6) is 5.75 Å². The number of benzene rings is 1. The van der Waals surface area contributed by atoms with Crippen LogP contribution in [0.15, 0.2) is 22.7 Å². The van der Waals surface area contributed by atoms with Gasteiger partial charge in [-0.2, -0.15) is 0 Å². The van der Waals surface area contributed by atoms with E-state index in [9.17, 15) is 5.11 Å². The summed E-state index contributed by atoms with van der Waals surface area (Å²) in [6.07, 6.45) is 2.70. The highest BCUT2D eigenvalue weighted by Gasteiger charge is 2.12. The zero-order chi connectivity index (χ0) is 13.0. The molecule has 1 N–H and O–H groups in total. The van der Waals surface area contributed by atoms with Crippen molar-refractivity contribution in [3.05, 3.63) is 28.2 Å². The van der Waals surface area contributed by atoms with Crippen molar-refractivity contribution < 1.29 is 5.11 Å². The molecular weight excluding hydrogens is 292 g/mol. The Morgan fingerprint density at radius 3 is 2.78 bits per heavy atom. The van der Waals surface area contributed by atoms with Gasteiger partial charge in [0.1, 0.15) is 5.75 Å². The minimum absolute atomic E-state index is 0.334. The summed E-state index contributed by atoms with van der Waals surface area (Å²) in [6.45, 7) is 5.59. The molecule has 0 radical (unpaired) electrons. The van der Waals surface area contributed by atoms with Crippen molar-refractivity contribution in [3.8, 4) is 5.75 Å². The van der Waals surface area contributed by atoms with Crippen LogP contribution in [-0.4, -0.2) is 48.1 Å². The quantitative estimate of drug-likeness (QED) is 0.905. The second-order valence-electron chi connectivity index (χ2n) is 5.06. The number of phenols is 1. The van der Waals surface area contributed by atoms with E-state index in [0.717, 1.165) is 29.7 Å². The van der Waals surface area contributed by atoms with Gasteiger partial charge >= 0.3 is 0 Å². The Kier molecular flexibility index (Phi) is 5.03. The van der Waals surface area contributed by atoms with Crippen molar-refractivity contribution in [2.24, 2.45) is 0 Å². The molecular formula is C14H21BrN2O. The average molecular weight is 313 g/mol. The van der Waals surface area contributed by atoms with Gasteiger partial charge in [-0.3, -0.25) is 0 Å². The Labute approximate surface area is 118 Å². The number of likely N-dealkylation sites (N-methyl/N-ethyl adjacent to an activating group) is 1. The SMILES string of the molecule is CN(CCN1CCCC1)Cc1cc(O)ccc1Br. The Hall–Kier alpha value is -0.580. The van der Waals surface area contributed by atoms with Crippen LogP contribution in [0.25, 0.3) is 0 Å². The molecule has 100 valence electrons. The minimum atomic E-state index is 0.334. The van der Waals surface area contributed by atoms with Crippen LogP contribution in [-0.2, 0) is 6.54 Å². The molecule has 1 aromatic rings. The van der Waals surface area contributed by atoms with E-state index >= 15 is 0 Å². The summed E-state index contributed by atoms with van der Waals surface area (Å²) in [5.41, 5.74) is 1.14. The number of phenolic OH excluding ortho intramolecular Hbond substituents is 1. The fourth-order valence-corrected chi connectivity index (χ4v) is 2.74. The molecule has 1 heterocycles. The van der Waals surface area contributed by atoms with Gasteiger partial charge in [-0.1, -0.05) is 15.9 Å². The van der Waals surface area contributed by atoms with Crippen molar-refractivity contribution in [3.63, 3.8) is 0 Å². The van der Waals surface area contributed by atoms with Gasteiger partial charge in [-0.15, -0.1) is 0 Å². The van der Waals surface area contributed by atoms with Crippen LogP contribution in [0.1, 0.15) is 18.4 Å². The molecule has 1 aromatic carbocycles. The Morgan fingerprint density at radius 2 is 2.06 bits per heavy atom. The van der Waals surface area contributed by atoms with Crippen molar-refractivity contribution in [1.82, 2.24) is 9.80 Å². The first-order valence-corrected chi connectivity index (χ1v) is 7.33. The third-order valence-electron chi connectivity index (χ3n) is 3.47. The molecule has 0 aromatic heterocycles. The van der Waals surface area contributed by atoms with Gasteiger partial charge in [0.25, 0.3) is 0 Å². The molecule has 2 rings (SSSR count). The molecule has 0 atom stereocenters. The maximum atomic E-state index is 9.51. The van der Waals surface area contributed by atoms with Crippen molar-refractivity contribution in [2.45, 2.75) is 19.4 Å². The van der Waals surface area contributed by atoms with Crippen LogP contribution in [0.3, 0.4) is 0 Å². The Balaban J connectivity index is 1.82. The number of rotatable bonds is 5. The maximum absolute atomic E-state index is 9.51. The van der Waals surface area contributed by atoms with E-state index in [0.29, 0.717) is 5.75 Å². The van der Waals surface area contributed by atoms with Crippen LogP contribution in [0, 0.1) is 0 Å². The third-order valence-corrected chi connectivity index (χ3v) is 4.24. The lowest BCUT2D eigenvalue weighted by atomic mass is 10.2. The summed E-state index contributed by atoms with van der Waals surface area (Å²) >= 11 is 3.53. The molecule has 3 nitrogen and oxygen atoms in total. The smallest absolute Gasteiger partial charge is 0.115 e. The zero-order valence-corrected chi connectivity index (χ0v) is 12.5. The monoisotopic (exact) mass is 312 g/mol. The van der Waals surface area contributed by atoms with Gasteiger partial charge in [0.2, 0.25) is 0 Å². The predicted octanol–water partition coefficient (Wildman–Crippen LogP) is 2.68. The number of halogens is 1. The molecule has 0 amide bonds. The summed E-state index contributed by atoms with van der Waals surface area (Å²) in [7, 11) is 2.13. The first-order chi connectivity index (χ1) is 8.65. The van der Waals surface area contributed by atoms with Crippen molar-refractivity contribution in [2.75, 3.05) is 33.2 Å². The number of hydrogen-bond donors (Lipinski definition) is 1. The van der Waals surface area contributed by atoms with Crippen molar-refractivity contribution >= 4 is 15.9 Å². The molecule has 0 aliphatic carbocycles. The topological polar surface area (TPSA) is 26.7 Å². The summed E-state index contributed by atoms with van der Waals surface area (Å²) in [5, 5.41) is 9.51. The number of likely N-dealkylation sites (tertiary alicyclic amines) is 1. The highest BCUT2D eigenvalue weighted by molar-refractivity contribution is 9.10. The zero-order valence-electron chi connectivity index (χ0n) is 10.9. The van der Waals surface area contributed by atoms with Gasteiger partial charge in [-0.25, -0.2) is 0 Å². The van der Waals surface area contributed by atoms with Crippen LogP contribution in [0.4, 0.5) is 0 Å². The van der Waals surface area contributed by atoms with E-state index in [4.69, 9.17) is 0 Å². The second-order valence-corrected chi connectivity index (χ2v) is 5.92. The van der Waals surface area contributed by atoms with Crippen LogP contribution in [0.2, 0.25) is 0 Å². The summed E-state index contributed by atoms with van der Waals surface area (Å²) < 4.78 is 1.06. The Bertz CT molecular complexity index is 391. The van der Waals surface area contributed by atoms with Gasteiger partial charge in [0.05, 0.1) is 0 Å². The normalized spacial score (nSPS) is 16.6. The molecule has 4 heteroatoms. The second kappa shape index (κ2) is 6.55. The summed E-state index contributed by atoms with van der Waals surface area (Å²) in [4.78, 5) is 4.83. The number of hydrogen-bond acceptors (Lipinski definition) is 3. The highest BCUT2D eigenvalue weighted by atomic mass is 79.9. The third kappa shape index (κ3) is 3.97. The van der Waals surface area contributed by atoms with E-state index in [1.165, 1.54) is 25.9 Å². The van der Waals surface area contributed by atoms with E-state index in [1.807, 2.05) is 12.1 Å². The van der Waals surface area contributed by atoms with Crippen molar-refractivity contribution in [1.29, 1.82) is 0 Å². The highest BCUT2D eigenvalue weighted by Crippen LogP contribution is 2.22. The molecule has 0 bridgehead atoms. The van der Waals surface area contributed by atoms with E-state index in [2.05, 4.69) is 32.8 Å². The summed E-state index contributed by atoms with van der Waals surface area (Å²) in [5.74, 6) is 0.334. The van der Waals surface area contributed by atoms with E-state index in [1.54, 1.807) is 6.07 Å². The van der Waals surface area contributed by atoms with E-state index < -0.39 is 0 Å².